The molecular formula is C17H17F3N2O. The van der Waals surface area contributed by atoms with E-state index in [0.717, 1.165) is 10.9 Å². The van der Waals surface area contributed by atoms with Crippen LogP contribution in [0.3, 0.4) is 0 Å². The van der Waals surface area contributed by atoms with Crippen LogP contribution in [-0.4, -0.2) is 35.1 Å². The van der Waals surface area contributed by atoms with E-state index in [1.807, 2.05) is 24.3 Å². The fourth-order valence-electron chi connectivity index (χ4n) is 3.01. The van der Waals surface area contributed by atoms with Gasteiger partial charge in [-0.3, -0.25) is 9.78 Å². The molecule has 0 atom stereocenters. The van der Waals surface area contributed by atoms with E-state index in [-0.39, 0.29) is 31.8 Å². The van der Waals surface area contributed by atoms with Crippen LogP contribution in [0.2, 0.25) is 0 Å². The first-order valence-corrected chi connectivity index (χ1v) is 7.58. The van der Waals surface area contributed by atoms with Gasteiger partial charge < -0.3 is 4.90 Å². The van der Waals surface area contributed by atoms with E-state index in [1.165, 1.54) is 4.90 Å². The maximum atomic E-state index is 12.7. The first kappa shape index (κ1) is 15.8. The number of carbonyl (C=O) groups is 1. The Morgan fingerprint density at radius 2 is 1.87 bits per heavy atom. The number of benzene rings is 1. The Labute approximate surface area is 132 Å². The smallest absolute Gasteiger partial charge is 0.339 e. The van der Waals surface area contributed by atoms with Gasteiger partial charge in [0, 0.05) is 18.5 Å². The number of pyridine rings is 1. The Hall–Kier alpha value is -2.11. The van der Waals surface area contributed by atoms with Gasteiger partial charge in [-0.25, -0.2) is 0 Å². The second kappa shape index (κ2) is 5.83. The van der Waals surface area contributed by atoms with Crippen LogP contribution in [0.15, 0.2) is 30.3 Å². The van der Waals surface area contributed by atoms with Crippen LogP contribution in [-0.2, 0) is 0 Å². The van der Waals surface area contributed by atoms with Gasteiger partial charge in [-0.15, -0.1) is 0 Å². The fraction of sp³-hybridized carbons (Fsp3) is 0.412. The second-order valence-corrected chi connectivity index (χ2v) is 5.92. The highest BCUT2D eigenvalue weighted by molar-refractivity contribution is 5.98. The van der Waals surface area contributed by atoms with Gasteiger partial charge in [0.15, 0.2) is 0 Å². The number of hydrogen-bond acceptors (Lipinski definition) is 2. The molecule has 0 unspecified atom stereocenters. The Morgan fingerprint density at radius 1 is 1.22 bits per heavy atom. The molecule has 1 fully saturated rings. The molecule has 3 rings (SSSR count). The molecule has 1 aromatic heterocycles. The maximum Gasteiger partial charge on any atom is 0.391 e. The predicted octanol–water partition coefficient (Wildman–Crippen LogP) is 3.96. The topological polar surface area (TPSA) is 33.2 Å². The predicted molar refractivity (Wildman–Crippen MR) is 81.2 cm³/mol. The third-order valence-corrected chi connectivity index (χ3v) is 4.39. The molecular weight excluding hydrogens is 305 g/mol. The molecule has 2 aromatic rings. The van der Waals surface area contributed by atoms with Gasteiger partial charge in [-0.2, -0.15) is 13.2 Å². The van der Waals surface area contributed by atoms with Gasteiger partial charge in [-0.05, 0) is 31.9 Å². The van der Waals surface area contributed by atoms with E-state index < -0.39 is 12.1 Å². The number of aromatic nitrogens is 1. The van der Waals surface area contributed by atoms with Crippen molar-refractivity contribution in [3.05, 3.63) is 41.6 Å². The maximum absolute atomic E-state index is 12.7. The summed E-state index contributed by atoms with van der Waals surface area (Å²) in [4.78, 5) is 18.5. The summed E-state index contributed by atoms with van der Waals surface area (Å²) in [5.74, 6) is -1.54. The van der Waals surface area contributed by atoms with Gasteiger partial charge in [0.1, 0.15) is 0 Å². The van der Waals surface area contributed by atoms with E-state index in [0.29, 0.717) is 11.3 Å². The Bertz CT molecular complexity index is 734. The number of amides is 1. The molecule has 1 amide bonds. The lowest BCUT2D eigenvalue weighted by Gasteiger charge is -2.33. The molecule has 122 valence electrons. The second-order valence-electron chi connectivity index (χ2n) is 5.92. The average Bonchev–Trinajstić information content (AvgIpc) is 2.53. The summed E-state index contributed by atoms with van der Waals surface area (Å²) in [6.45, 7) is 2.02. The monoisotopic (exact) mass is 322 g/mol. The minimum Gasteiger partial charge on any atom is -0.339 e. The van der Waals surface area contributed by atoms with Crippen molar-refractivity contribution in [2.75, 3.05) is 13.1 Å². The lowest BCUT2D eigenvalue weighted by molar-refractivity contribution is -0.183. The number of nitrogens with zero attached hydrogens (tertiary/aromatic N) is 2. The zero-order chi connectivity index (χ0) is 16.6. The van der Waals surface area contributed by atoms with Crippen molar-refractivity contribution in [1.29, 1.82) is 0 Å². The third kappa shape index (κ3) is 3.16. The number of carbonyl (C=O) groups excluding carboxylic acids is 1. The summed E-state index contributed by atoms with van der Waals surface area (Å²) in [5, 5.41) is 0.853. The van der Waals surface area contributed by atoms with Crippen LogP contribution >= 0.6 is 0 Å². The average molecular weight is 322 g/mol. The number of aryl methyl sites for hydroxylation is 1. The number of halogens is 3. The first-order valence-electron chi connectivity index (χ1n) is 7.58. The molecule has 23 heavy (non-hydrogen) atoms. The molecule has 0 N–H and O–H groups in total. The van der Waals surface area contributed by atoms with E-state index in [9.17, 15) is 18.0 Å². The molecule has 1 aromatic carbocycles. The van der Waals surface area contributed by atoms with Crippen LogP contribution in [0.5, 0.6) is 0 Å². The summed E-state index contributed by atoms with van der Waals surface area (Å²) in [6.07, 6.45) is -4.24. The molecule has 0 spiro atoms. The van der Waals surface area contributed by atoms with Crippen molar-refractivity contribution in [3.8, 4) is 0 Å². The van der Waals surface area contributed by atoms with Crippen molar-refractivity contribution >= 4 is 16.8 Å². The molecule has 0 saturated carbocycles. The molecule has 0 radical (unpaired) electrons. The van der Waals surface area contributed by atoms with Crippen molar-refractivity contribution in [3.63, 3.8) is 0 Å². The van der Waals surface area contributed by atoms with Crippen molar-refractivity contribution < 1.29 is 18.0 Å². The highest BCUT2D eigenvalue weighted by Gasteiger charge is 2.41. The summed E-state index contributed by atoms with van der Waals surface area (Å²) in [7, 11) is 0. The van der Waals surface area contributed by atoms with Gasteiger partial charge in [0.2, 0.25) is 0 Å². The number of likely N-dealkylation sites (tertiary alicyclic amines) is 1. The number of hydrogen-bond donors (Lipinski definition) is 0. The Balaban J connectivity index is 1.80. The number of piperidine rings is 1. The summed E-state index contributed by atoms with van der Waals surface area (Å²) in [6, 6.07) is 9.25. The molecule has 1 aliphatic heterocycles. The summed E-state index contributed by atoms with van der Waals surface area (Å²) in [5.41, 5.74) is 1.87. The molecule has 3 nitrogen and oxygen atoms in total. The molecule has 2 heterocycles. The van der Waals surface area contributed by atoms with E-state index in [2.05, 4.69) is 4.98 Å². The minimum absolute atomic E-state index is 0.0324. The highest BCUT2D eigenvalue weighted by atomic mass is 19.4. The highest BCUT2D eigenvalue weighted by Crippen LogP contribution is 2.34. The summed E-state index contributed by atoms with van der Waals surface area (Å²) >= 11 is 0. The quantitative estimate of drug-likeness (QED) is 0.796. The van der Waals surface area contributed by atoms with Crippen molar-refractivity contribution in [2.45, 2.75) is 25.9 Å². The van der Waals surface area contributed by atoms with Crippen LogP contribution < -0.4 is 0 Å². The lowest BCUT2D eigenvalue weighted by Crippen LogP contribution is -2.42. The molecule has 1 saturated heterocycles. The van der Waals surface area contributed by atoms with Crippen molar-refractivity contribution in [2.24, 2.45) is 5.92 Å². The SMILES string of the molecule is Cc1nc2ccccc2cc1C(=O)N1CCC(C(F)(F)F)CC1. The van der Waals surface area contributed by atoms with E-state index in [1.54, 1.807) is 13.0 Å². The van der Waals surface area contributed by atoms with Crippen LogP contribution in [0.4, 0.5) is 13.2 Å². The van der Waals surface area contributed by atoms with Crippen LogP contribution in [0.1, 0.15) is 28.9 Å². The standard InChI is InChI=1S/C17H17F3N2O/c1-11-14(10-12-4-2-3-5-15(12)21-11)16(23)22-8-6-13(7-9-22)17(18,19)20/h2-5,10,13H,6-9H2,1H3. The Morgan fingerprint density at radius 3 is 2.52 bits per heavy atom. The largest absolute Gasteiger partial charge is 0.391 e. The van der Waals surface area contributed by atoms with Gasteiger partial charge >= 0.3 is 6.18 Å². The Kier molecular flexibility index (Phi) is 4.00. The van der Waals surface area contributed by atoms with Crippen LogP contribution in [0, 0.1) is 12.8 Å². The number of para-hydroxylation sites is 1. The normalized spacial score (nSPS) is 16.8. The van der Waals surface area contributed by atoms with Crippen LogP contribution in [0.25, 0.3) is 10.9 Å². The zero-order valence-electron chi connectivity index (χ0n) is 12.7. The van der Waals surface area contributed by atoms with Gasteiger partial charge in [0.05, 0.1) is 22.7 Å². The lowest BCUT2D eigenvalue weighted by atomic mass is 9.95. The minimum atomic E-state index is -4.17. The molecule has 1 aliphatic rings. The zero-order valence-corrected chi connectivity index (χ0v) is 12.7. The van der Waals surface area contributed by atoms with Crippen molar-refractivity contribution in [1.82, 2.24) is 9.88 Å². The van der Waals surface area contributed by atoms with E-state index in [4.69, 9.17) is 0 Å². The van der Waals surface area contributed by atoms with Gasteiger partial charge in [-0.1, -0.05) is 18.2 Å². The summed E-state index contributed by atoms with van der Waals surface area (Å²) < 4.78 is 38.2. The van der Waals surface area contributed by atoms with E-state index >= 15 is 0 Å². The molecule has 0 aliphatic carbocycles. The third-order valence-electron chi connectivity index (χ3n) is 4.39. The fourth-order valence-corrected chi connectivity index (χ4v) is 3.01. The van der Waals surface area contributed by atoms with Gasteiger partial charge in [0.25, 0.3) is 5.91 Å². The number of fused-ring (bicyclic) bond motifs is 1. The first-order chi connectivity index (χ1) is 10.9. The molecule has 6 heteroatoms. The molecule has 0 bridgehead atoms. The number of rotatable bonds is 1. The number of alkyl halides is 3.